The molecular formula is C52H62N6O8. The Morgan fingerprint density at radius 3 is 2.00 bits per heavy atom. The van der Waals surface area contributed by atoms with Gasteiger partial charge in [0.05, 0.1) is 50.5 Å². The number of imidazole rings is 1. The van der Waals surface area contributed by atoms with E-state index in [9.17, 15) is 19.2 Å². The van der Waals surface area contributed by atoms with E-state index in [1.54, 1.807) is 0 Å². The number of nitrogens with one attached hydrogen (secondary N) is 2. The highest BCUT2D eigenvalue weighted by molar-refractivity contribution is 6.03. The van der Waals surface area contributed by atoms with Gasteiger partial charge in [0.15, 0.2) is 0 Å². The Hall–Kier alpha value is -5.86. The van der Waals surface area contributed by atoms with Gasteiger partial charge in [-0.15, -0.1) is 0 Å². The number of carbonyl (C=O) groups is 4. The average molecular weight is 899 g/mol. The van der Waals surface area contributed by atoms with Gasteiger partial charge in [0.1, 0.15) is 11.9 Å². The van der Waals surface area contributed by atoms with Crippen molar-refractivity contribution < 1.29 is 38.1 Å². The zero-order valence-corrected chi connectivity index (χ0v) is 38.5. The standard InChI is InChI=1S/C52H62N6O8/c1-31-21-45(57(29-31)50(60)42(26-47(59)63-3)35-13-17-65-18-14-35)43-25-41(27-53-43)34-7-5-33(6-8-34)37-9-10-39-24-40(12-11-38(39)23-37)44-28-54-49(55-44)46-22-32(2)30-58(46)51(61)48(56-52(62)64-4)36-15-19-66-20-16-36/h5-12,23-24,27-28,31-32,35-36,42,45-46,48H,13-22,25-26,29-30H2,1-4H3,(H,54,55)(H,56,62)/t31-,32-,42-,45-,46-,48-/m0/s1. The quantitative estimate of drug-likeness (QED) is 0.134. The second-order valence-corrected chi connectivity index (χ2v) is 19.1. The van der Waals surface area contributed by atoms with Gasteiger partial charge in [-0.2, -0.15) is 0 Å². The normalized spacial score (nSPS) is 23.6. The van der Waals surface area contributed by atoms with E-state index >= 15 is 0 Å². The molecular weight excluding hydrogens is 837 g/mol. The van der Waals surface area contributed by atoms with Crippen LogP contribution in [0, 0.1) is 29.6 Å². The van der Waals surface area contributed by atoms with Gasteiger partial charge < -0.3 is 39.0 Å². The van der Waals surface area contributed by atoms with Crippen LogP contribution in [0.3, 0.4) is 0 Å². The lowest BCUT2D eigenvalue weighted by atomic mass is 9.82. The van der Waals surface area contributed by atoms with Gasteiger partial charge in [0, 0.05) is 63.4 Å². The highest BCUT2D eigenvalue weighted by Gasteiger charge is 2.44. The van der Waals surface area contributed by atoms with Gasteiger partial charge in [-0.25, -0.2) is 9.78 Å². The maximum Gasteiger partial charge on any atom is 0.407 e. The molecule has 6 heterocycles. The van der Waals surface area contributed by atoms with Gasteiger partial charge in [-0.05, 0) is 107 Å². The number of allylic oxidation sites excluding steroid dienone is 1. The largest absolute Gasteiger partial charge is 0.469 e. The molecule has 9 rings (SSSR count). The first-order valence-electron chi connectivity index (χ1n) is 23.7. The number of aromatic amines is 1. The SMILES string of the molecule is COC(=O)C[C@H](C(=O)N1C[C@@H](C)C[C@H]1C1=NC=C(c2ccc(-c3ccc4cc(-c5cnc([C@@H]6C[C@H](C)CN6C(=O)[C@@H](NC(=O)OC)C6CCOCC6)[nH]5)ccc4c3)cc2)C1)C1CCOCC1. The highest BCUT2D eigenvalue weighted by Crippen LogP contribution is 2.39. The summed E-state index contributed by atoms with van der Waals surface area (Å²) in [7, 11) is 2.70. The van der Waals surface area contributed by atoms with E-state index in [2.05, 4.69) is 84.8 Å². The van der Waals surface area contributed by atoms with Gasteiger partial charge in [0.25, 0.3) is 0 Å². The van der Waals surface area contributed by atoms with Gasteiger partial charge in [0.2, 0.25) is 11.8 Å². The number of H-pyrrole nitrogens is 1. The molecule has 4 fully saturated rings. The summed E-state index contributed by atoms with van der Waals surface area (Å²) >= 11 is 0. The lowest BCUT2D eigenvalue weighted by Crippen LogP contribution is -2.53. The third kappa shape index (κ3) is 9.67. The lowest BCUT2D eigenvalue weighted by molar-refractivity contribution is -0.149. The van der Waals surface area contributed by atoms with Crippen molar-refractivity contribution in [2.24, 2.45) is 34.6 Å². The van der Waals surface area contributed by atoms with E-state index in [0.717, 1.165) is 81.5 Å². The van der Waals surface area contributed by atoms with Crippen LogP contribution in [0.2, 0.25) is 0 Å². The Balaban J connectivity index is 0.851. The number of alkyl carbamates (subject to hydrolysis) is 1. The maximum atomic E-state index is 14.2. The number of amides is 3. The first-order valence-corrected chi connectivity index (χ1v) is 23.7. The van der Waals surface area contributed by atoms with Crippen molar-refractivity contribution in [3.63, 3.8) is 0 Å². The molecule has 66 heavy (non-hydrogen) atoms. The molecule has 4 saturated heterocycles. The van der Waals surface area contributed by atoms with Gasteiger partial charge in [-0.3, -0.25) is 19.4 Å². The van der Waals surface area contributed by atoms with E-state index in [0.29, 0.717) is 64.7 Å². The van der Waals surface area contributed by atoms with E-state index < -0.39 is 18.1 Å². The molecule has 3 aromatic carbocycles. The Bertz CT molecular complexity index is 2490. The third-order valence-electron chi connectivity index (χ3n) is 14.6. The number of likely N-dealkylation sites (tertiary alicyclic amines) is 2. The van der Waals surface area contributed by atoms with Gasteiger partial charge >= 0.3 is 12.1 Å². The van der Waals surface area contributed by atoms with E-state index in [4.69, 9.17) is 28.9 Å². The van der Waals surface area contributed by atoms with Crippen molar-refractivity contribution in [1.29, 1.82) is 0 Å². The van der Waals surface area contributed by atoms with E-state index in [1.807, 2.05) is 22.2 Å². The number of fused-ring (bicyclic) bond motifs is 1. The first-order chi connectivity index (χ1) is 32.1. The summed E-state index contributed by atoms with van der Waals surface area (Å²) in [6, 6.07) is 20.5. The monoisotopic (exact) mass is 898 g/mol. The predicted molar refractivity (Wildman–Crippen MR) is 251 cm³/mol. The minimum absolute atomic E-state index is 0.0345. The van der Waals surface area contributed by atoms with Crippen molar-refractivity contribution in [3.8, 4) is 22.4 Å². The number of benzene rings is 3. The topological polar surface area (TPSA) is 165 Å². The fourth-order valence-electron chi connectivity index (χ4n) is 10.9. The molecule has 14 nitrogen and oxygen atoms in total. The van der Waals surface area contributed by atoms with Gasteiger partial charge in [-0.1, -0.05) is 62.4 Å². The van der Waals surface area contributed by atoms with E-state index in [-0.39, 0.29) is 54.0 Å². The number of hydrogen-bond donors (Lipinski definition) is 2. The van der Waals surface area contributed by atoms with Crippen LogP contribution in [0.1, 0.15) is 82.6 Å². The Morgan fingerprint density at radius 2 is 1.33 bits per heavy atom. The fraction of sp³-hybridized carbons (Fsp3) is 0.500. The van der Waals surface area contributed by atoms with Crippen LogP contribution in [0.5, 0.6) is 0 Å². The van der Waals surface area contributed by atoms with Crippen molar-refractivity contribution in [2.75, 3.05) is 53.7 Å². The molecule has 14 heteroatoms. The number of aromatic nitrogens is 2. The molecule has 0 aliphatic carbocycles. The molecule has 0 bridgehead atoms. The maximum absolute atomic E-state index is 14.2. The second-order valence-electron chi connectivity index (χ2n) is 19.1. The number of nitrogens with zero attached hydrogens (tertiary/aromatic N) is 4. The summed E-state index contributed by atoms with van der Waals surface area (Å²) < 4.78 is 21.1. The number of rotatable bonds is 12. The summed E-state index contributed by atoms with van der Waals surface area (Å²) in [5.41, 5.74) is 7.34. The van der Waals surface area contributed by atoms with E-state index in [1.165, 1.54) is 14.2 Å². The minimum Gasteiger partial charge on any atom is -0.469 e. The third-order valence-corrected chi connectivity index (χ3v) is 14.6. The molecule has 0 spiro atoms. The van der Waals surface area contributed by atoms with Crippen molar-refractivity contribution in [1.82, 2.24) is 25.1 Å². The molecule has 0 unspecified atom stereocenters. The number of ether oxygens (including phenoxy) is 4. The Labute approximate surface area is 386 Å². The molecule has 0 saturated carbocycles. The summed E-state index contributed by atoms with van der Waals surface area (Å²) in [5, 5.41) is 5.06. The summed E-state index contributed by atoms with van der Waals surface area (Å²) in [4.78, 5) is 70.4. The summed E-state index contributed by atoms with van der Waals surface area (Å²) in [6.45, 7) is 7.89. The van der Waals surface area contributed by atoms with Crippen LogP contribution in [-0.4, -0.2) is 115 Å². The van der Waals surface area contributed by atoms with Crippen LogP contribution >= 0.6 is 0 Å². The van der Waals surface area contributed by atoms with Crippen molar-refractivity contribution in [2.45, 2.75) is 83.3 Å². The number of aliphatic imine (C=N–C) groups is 1. The molecule has 3 amide bonds. The molecule has 4 aromatic rings. The molecule has 5 aliphatic heterocycles. The number of methoxy groups -OCH3 is 2. The van der Waals surface area contributed by atoms with Crippen LogP contribution in [0.4, 0.5) is 4.79 Å². The van der Waals surface area contributed by atoms with Crippen LogP contribution in [-0.2, 0) is 33.3 Å². The lowest BCUT2D eigenvalue weighted by Gasteiger charge is -2.34. The Morgan fingerprint density at radius 1 is 0.742 bits per heavy atom. The van der Waals surface area contributed by atoms with Crippen molar-refractivity contribution in [3.05, 3.63) is 84.4 Å². The van der Waals surface area contributed by atoms with Crippen molar-refractivity contribution >= 4 is 45.9 Å². The zero-order valence-electron chi connectivity index (χ0n) is 38.5. The molecule has 348 valence electrons. The molecule has 6 atom stereocenters. The minimum atomic E-state index is -0.694. The second kappa shape index (κ2) is 19.9. The number of carbonyl (C=O) groups excluding carboxylic acids is 4. The molecule has 0 radical (unpaired) electrons. The molecule has 1 aromatic heterocycles. The molecule has 5 aliphatic rings. The number of hydrogen-bond acceptors (Lipinski definition) is 10. The number of esters is 1. The smallest absolute Gasteiger partial charge is 0.407 e. The van der Waals surface area contributed by atoms with Crippen LogP contribution in [0.25, 0.3) is 38.7 Å². The highest BCUT2D eigenvalue weighted by atomic mass is 16.5. The average Bonchev–Trinajstić information content (AvgIpc) is 4.19. The van der Waals surface area contributed by atoms with Crippen LogP contribution in [0.15, 0.2) is 78.1 Å². The van der Waals surface area contributed by atoms with Crippen LogP contribution < -0.4 is 5.32 Å². The summed E-state index contributed by atoms with van der Waals surface area (Å²) in [6.07, 6.45) is 8.49. The Kier molecular flexibility index (Phi) is 13.7. The summed E-state index contributed by atoms with van der Waals surface area (Å²) in [5.74, 6) is 0.554. The predicted octanol–water partition coefficient (Wildman–Crippen LogP) is 7.99. The zero-order chi connectivity index (χ0) is 45.9. The fourth-order valence-corrected chi connectivity index (χ4v) is 10.9. The first kappa shape index (κ1) is 45.3. The molecule has 2 N–H and O–H groups in total.